The van der Waals surface area contributed by atoms with Gasteiger partial charge in [-0.25, -0.2) is 4.98 Å². The van der Waals surface area contributed by atoms with Crippen molar-refractivity contribution >= 4 is 28.4 Å². The van der Waals surface area contributed by atoms with Crippen molar-refractivity contribution in [2.45, 2.75) is 26.7 Å². The van der Waals surface area contributed by atoms with Gasteiger partial charge in [0.25, 0.3) is 0 Å². The highest BCUT2D eigenvalue weighted by atomic mass is 16.2. The van der Waals surface area contributed by atoms with Crippen LogP contribution in [0.1, 0.15) is 30.9 Å². The molecule has 0 aliphatic carbocycles. The average molecular weight is 361 g/mol. The van der Waals surface area contributed by atoms with Crippen molar-refractivity contribution < 1.29 is 4.79 Å². The molecule has 4 rings (SSSR count). The summed E-state index contributed by atoms with van der Waals surface area (Å²) in [6.07, 6.45) is 1.90. The van der Waals surface area contributed by atoms with Crippen molar-refractivity contribution in [3.8, 4) is 6.07 Å². The van der Waals surface area contributed by atoms with Crippen LogP contribution in [0, 0.1) is 18.3 Å². The van der Waals surface area contributed by atoms with E-state index in [1.54, 1.807) is 0 Å². The molecule has 6 nitrogen and oxygen atoms in total. The van der Waals surface area contributed by atoms with E-state index in [1.807, 2.05) is 46.6 Å². The third kappa shape index (κ3) is 2.89. The number of nitriles is 1. The van der Waals surface area contributed by atoms with E-state index in [2.05, 4.69) is 17.9 Å². The van der Waals surface area contributed by atoms with E-state index in [0.717, 1.165) is 54.9 Å². The normalized spacial score (nSPS) is 15.4. The van der Waals surface area contributed by atoms with Gasteiger partial charge in [-0.3, -0.25) is 9.20 Å². The highest BCUT2D eigenvalue weighted by Gasteiger charge is 2.25. The topological polar surface area (TPSA) is 64.6 Å². The van der Waals surface area contributed by atoms with Gasteiger partial charge in [0.15, 0.2) is 5.65 Å². The van der Waals surface area contributed by atoms with Crippen molar-refractivity contribution in [3.63, 3.8) is 0 Å². The first-order valence-corrected chi connectivity index (χ1v) is 9.47. The lowest BCUT2D eigenvalue weighted by atomic mass is 10.1. The molecule has 0 saturated carbocycles. The van der Waals surface area contributed by atoms with Crippen LogP contribution in [0.25, 0.3) is 16.7 Å². The van der Waals surface area contributed by atoms with Crippen molar-refractivity contribution in [2.24, 2.45) is 0 Å². The molecule has 3 heterocycles. The lowest BCUT2D eigenvalue weighted by Crippen LogP contribution is -2.37. The second-order valence-electron chi connectivity index (χ2n) is 7.09. The predicted octanol–water partition coefficient (Wildman–Crippen LogP) is 3.12. The molecule has 1 amide bonds. The number of fused-ring (bicyclic) bond motifs is 3. The van der Waals surface area contributed by atoms with Gasteiger partial charge >= 0.3 is 0 Å². The van der Waals surface area contributed by atoms with E-state index in [1.165, 1.54) is 0 Å². The number of aryl methyl sites for hydroxylation is 1. The Bertz CT molecular complexity index is 1060. The summed E-state index contributed by atoms with van der Waals surface area (Å²) in [5.41, 5.74) is 3.95. The monoisotopic (exact) mass is 361 g/mol. The van der Waals surface area contributed by atoms with Crippen LogP contribution in [0.4, 0.5) is 5.82 Å². The number of para-hydroxylation sites is 2. The fourth-order valence-electron chi connectivity index (χ4n) is 3.92. The number of hydrogen-bond donors (Lipinski definition) is 0. The molecule has 1 aliphatic heterocycles. The molecule has 0 bridgehead atoms. The Kier molecular flexibility index (Phi) is 4.44. The van der Waals surface area contributed by atoms with Gasteiger partial charge in [0.2, 0.25) is 5.91 Å². The quantitative estimate of drug-likeness (QED) is 0.719. The van der Waals surface area contributed by atoms with Crippen LogP contribution in [0.15, 0.2) is 30.3 Å². The SMILES string of the molecule is CCCN1CCCN(c2cc(C)c(C#N)c3nc4ccccc4n23)CC1=O. The Morgan fingerprint density at radius 2 is 2.07 bits per heavy atom. The summed E-state index contributed by atoms with van der Waals surface area (Å²) in [5, 5.41) is 9.65. The summed E-state index contributed by atoms with van der Waals surface area (Å²) in [5.74, 6) is 1.09. The number of anilines is 1. The molecule has 1 aliphatic rings. The molecular weight excluding hydrogens is 338 g/mol. The third-order valence-electron chi connectivity index (χ3n) is 5.22. The summed E-state index contributed by atoms with van der Waals surface area (Å²) in [6.45, 7) is 6.80. The zero-order valence-electron chi connectivity index (χ0n) is 15.8. The van der Waals surface area contributed by atoms with E-state index in [0.29, 0.717) is 17.8 Å². The van der Waals surface area contributed by atoms with E-state index >= 15 is 0 Å². The number of benzene rings is 1. The van der Waals surface area contributed by atoms with Gasteiger partial charge in [0, 0.05) is 19.6 Å². The molecule has 1 aromatic carbocycles. The third-order valence-corrected chi connectivity index (χ3v) is 5.22. The number of hydrogen-bond acceptors (Lipinski definition) is 4. The van der Waals surface area contributed by atoms with Crippen LogP contribution in [0.5, 0.6) is 0 Å². The molecule has 0 N–H and O–H groups in total. The fraction of sp³-hybridized carbons (Fsp3) is 0.381. The van der Waals surface area contributed by atoms with Crippen LogP contribution in [-0.2, 0) is 4.79 Å². The Balaban J connectivity index is 1.89. The van der Waals surface area contributed by atoms with E-state index in [4.69, 9.17) is 4.98 Å². The molecule has 1 fully saturated rings. The van der Waals surface area contributed by atoms with Gasteiger partial charge in [-0.15, -0.1) is 0 Å². The van der Waals surface area contributed by atoms with Gasteiger partial charge in [-0.05, 0) is 43.5 Å². The maximum absolute atomic E-state index is 12.7. The highest BCUT2D eigenvalue weighted by Crippen LogP contribution is 2.29. The van der Waals surface area contributed by atoms with Crippen molar-refractivity contribution in [1.82, 2.24) is 14.3 Å². The molecule has 0 spiro atoms. The number of nitrogens with zero attached hydrogens (tertiary/aromatic N) is 5. The Hall–Kier alpha value is -3.07. The second kappa shape index (κ2) is 6.92. The highest BCUT2D eigenvalue weighted by molar-refractivity contribution is 5.87. The summed E-state index contributed by atoms with van der Waals surface area (Å²) in [7, 11) is 0. The standard InChI is InChI=1S/C21H23N5O/c1-3-9-24-10-6-11-25(14-20(24)27)19-12-15(2)16(13-22)21-23-17-7-4-5-8-18(17)26(19)21/h4-5,7-8,12H,3,6,9-11,14H2,1-2H3. The number of pyridine rings is 1. The fourth-order valence-corrected chi connectivity index (χ4v) is 3.92. The van der Waals surface area contributed by atoms with E-state index < -0.39 is 0 Å². The molecule has 2 aromatic heterocycles. The average Bonchev–Trinajstić information content (AvgIpc) is 2.95. The molecule has 0 unspecified atom stereocenters. The first-order chi connectivity index (χ1) is 13.1. The number of amides is 1. The first-order valence-electron chi connectivity index (χ1n) is 9.47. The second-order valence-corrected chi connectivity index (χ2v) is 7.09. The van der Waals surface area contributed by atoms with Gasteiger partial charge in [0.05, 0.1) is 23.1 Å². The molecule has 0 radical (unpaired) electrons. The molecule has 6 heteroatoms. The minimum atomic E-state index is 0.161. The maximum atomic E-state index is 12.7. The number of imidazole rings is 1. The minimum Gasteiger partial charge on any atom is -0.348 e. The number of carbonyl (C=O) groups is 1. The van der Waals surface area contributed by atoms with Crippen LogP contribution < -0.4 is 4.90 Å². The Labute approximate surface area is 158 Å². The number of rotatable bonds is 3. The first kappa shape index (κ1) is 17.3. The smallest absolute Gasteiger partial charge is 0.242 e. The van der Waals surface area contributed by atoms with Gasteiger partial charge in [-0.1, -0.05) is 19.1 Å². The zero-order valence-corrected chi connectivity index (χ0v) is 15.8. The Morgan fingerprint density at radius 1 is 1.26 bits per heavy atom. The van der Waals surface area contributed by atoms with Crippen molar-refractivity contribution in [2.75, 3.05) is 31.1 Å². The van der Waals surface area contributed by atoms with Crippen LogP contribution in [-0.4, -0.2) is 46.4 Å². The summed E-state index contributed by atoms with van der Waals surface area (Å²) >= 11 is 0. The summed E-state index contributed by atoms with van der Waals surface area (Å²) < 4.78 is 2.03. The molecule has 0 atom stereocenters. The molecule has 1 saturated heterocycles. The number of carbonyl (C=O) groups excluding carboxylic acids is 1. The lowest BCUT2D eigenvalue weighted by molar-refractivity contribution is -0.129. The van der Waals surface area contributed by atoms with Crippen LogP contribution in [0.3, 0.4) is 0 Å². The van der Waals surface area contributed by atoms with E-state index in [9.17, 15) is 10.1 Å². The molecule has 27 heavy (non-hydrogen) atoms. The molecule has 3 aromatic rings. The maximum Gasteiger partial charge on any atom is 0.242 e. The summed E-state index contributed by atoms with van der Waals surface area (Å²) in [4.78, 5) is 21.5. The van der Waals surface area contributed by atoms with Gasteiger partial charge in [-0.2, -0.15) is 5.26 Å². The van der Waals surface area contributed by atoms with Crippen LogP contribution >= 0.6 is 0 Å². The zero-order chi connectivity index (χ0) is 19.0. The lowest BCUT2D eigenvalue weighted by Gasteiger charge is -2.25. The van der Waals surface area contributed by atoms with Gasteiger partial charge < -0.3 is 9.80 Å². The number of aromatic nitrogens is 2. The van der Waals surface area contributed by atoms with Gasteiger partial charge in [0.1, 0.15) is 11.9 Å². The van der Waals surface area contributed by atoms with Crippen molar-refractivity contribution in [3.05, 3.63) is 41.5 Å². The summed E-state index contributed by atoms with van der Waals surface area (Å²) in [6, 6.07) is 12.2. The van der Waals surface area contributed by atoms with E-state index in [-0.39, 0.29) is 5.91 Å². The molecule has 138 valence electrons. The largest absolute Gasteiger partial charge is 0.348 e. The van der Waals surface area contributed by atoms with Crippen molar-refractivity contribution in [1.29, 1.82) is 5.26 Å². The Morgan fingerprint density at radius 3 is 2.85 bits per heavy atom. The van der Waals surface area contributed by atoms with Crippen LogP contribution in [0.2, 0.25) is 0 Å². The molecular formula is C21H23N5O. The predicted molar refractivity (Wildman–Crippen MR) is 106 cm³/mol. The minimum absolute atomic E-state index is 0.161.